The third-order valence-electron chi connectivity index (χ3n) is 4.74. The molecule has 3 rings (SSSR count). The van der Waals surface area contributed by atoms with E-state index in [1.807, 2.05) is 0 Å². The van der Waals surface area contributed by atoms with E-state index in [4.69, 9.17) is 9.47 Å². The standard InChI is InChI=1S/C22H28O2/c1-3-4-19-15-23-22(24-16-19)14-9-18-7-12-21(13-8-18)20-10-5-17(2)6-11-20/h5-8,10-13,19,22H,3-4,9,14-16H2,1-2H3. The second-order valence-corrected chi connectivity index (χ2v) is 6.85. The van der Waals surface area contributed by atoms with Gasteiger partial charge >= 0.3 is 0 Å². The predicted octanol–water partition coefficient (Wildman–Crippen LogP) is 5.38. The summed E-state index contributed by atoms with van der Waals surface area (Å²) in [6, 6.07) is 17.5. The van der Waals surface area contributed by atoms with Gasteiger partial charge in [0.05, 0.1) is 13.2 Å². The second-order valence-electron chi connectivity index (χ2n) is 6.85. The van der Waals surface area contributed by atoms with Crippen LogP contribution in [0.3, 0.4) is 0 Å². The average molecular weight is 324 g/mol. The molecule has 0 amide bonds. The number of rotatable bonds is 6. The molecule has 0 aliphatic carbocycles. The maximum absolute atomic E-state index is 5.85. The van der Waals surface area contributed by atoms with E-state index in [1.54, 1.807) is 0 Å². The van der Waals surface area contributed by atoms with E-state index >= 15 is 0 Å². The van der Waals surface area contributed by atoms with Gasteiger partial charge in [-0.1, -0.05) is 67.4 Å². The quantitative estimate of drug-likeness (QED) is 0.710. The van der Waals surface area contributed by atoms with Crippen LogP contribution in [0.4, 0.5) is 0 Å². The Morgan fingerprint density at radius 2 is 1.42 bits per heavy atom. The maximum atomic E-state index is 5.85. The fourth-order valence-electron chi connectivity index (χ4n) is 3.22. The van der Waals surface area contributed by atoms with Gasteiger partial charge < -0.3 is 9.47 Å². The fraction of sp³-hybridized carbons (Fsp3) is 0.455. The van der Waals surface area contributed by atoms with Gasteiger partial charge in [0.25, 0.3) is 0 Å². The summed E-state index contributed by atoms with van der Waals surface area (Å²) in [6.45, 7) is 6.04. The van der Waals surface area contributed by atoms with Crippen molar-refractivity contribution >= 4 is 0 Å². The highest BCUT2D eigenvalue weighted by Gasteiger charge is 2.21. The molecule has 0 atom stereocenters. The number of aryl methyl sites for hydroxylation is 2. The first-order valence-corrected chi connectivity index (χ1v) is 9.14. The van der Waals surface area contributed by atoms with E-state index in [-0.39, 0.29) is 6.29 Å². The summed E-state index contributed by atoms with van der Waals surface area (Å²) < 4.78 is 11.7. The highest BCUT2D eigenvalue weighted by Crippen LogP contribution is 2.22. The van der Waals surface area contributed by atoms with E-state index in [9.17, 15) is 0 Å². The Balaban J connectivity index is 1.49. The molecule has 0 bridgehead atoms. The summed E-state index contributed by atoms with van der Waals surface area (Å²) in [5, 5.41) is 0. The van der Waals surface area contributed by atoms with Gasteiger partial charge in [-0.15, -0.1) is 0 Å². The number of hydrogen-bond donors (Lipinski definition) is 0. The highest BCUT2D eigenvalue weighted by molar-refractivity contribution is 5.63. The smallest absolute Gasteiger partial charge is 0.157 e. The first-order chi connectivity index (χ1) is 11.7. The van der Waals surface area contributed by atoms with Crippen molar-refractivity contribution in [3.8, 4) is 11.1 Å². The summed E-state index contributed by atoms with van der Waals surface area (Å²) in [7, 11) is 0. The third kappa shape index (κ3) is 4.68. The number of benzene rings is 2. The van der Waals surface area contributed by atoms with E-state index in [2.05, 4.69) is 62.4 Å². The molecule has 128 valence electrons. The fourth-order valence-corrected chi connectivity index (χ4v) is 3.22. The number of hydrogen-bond acceptors (Lipinski definition) is 2. The molecular formula is C22H28O2. The van der Waals surface area contributed by atoms with Gasteiger partial charge in [0.2, 0.25) is 0 Å². The number of ether oxygens (including phenoxy) is 2. The van der Waals surface area contributed by atoms with Crippen LogP contribution < -0.4 is 0 Å². The summed E-state index contributed by atoms with van der Waals surface area (Å²) >= 11 is 0. The van der Waals surface area contributed by atoms with Crippen molar-refractivity contribution in [2.45, 2.75) is 45.8 Å². The minimum atomic E-state index is -0.0325. The first-order valence-electron chi connectivity index (χ1n) is 9.14. The van der Waals surface area contributed by atoms with Crippen LogP contribution in [0.15, 0.2) is 48.5 Å². The molecule has 0 N–H and O–H groups in total. The Morgan fingerprint density at radius 3 is 2.00 bits per heavy atom. The zero-order chi connectivity index (χ0) is 16.8. The molecule has 1 heterocycles. The lowest BCUT2D eigenvalue weighted by atomic mass is 10.0. The third-order valence-corrected chi connectivity index (χ3v) is 4.74. The Kier molecular flexibility index (Phi) is 6.06. The van der Waals surface area contributed by atoms with Crippen molar-refractivity contribution in [3.05, 3.63) is 59.7 Å². The van der Waals surface area contributed by atoms with Crippen LogP contribution in [0.1, 0.15) is 37.3 Å². The van der Waals surface area contributed by atoms with Gasteiger partial charge in [-0.3, -0.25) is 0 Å². The predicted molar refractivity (Wildman–Crippen MR) is 99.0 cm³/mol. The summed E-state index contributed by atoms with van der Waals surface area (Å²) in [4.78, 5) is 0. The molecule has 1 aliphatic rings. The van der Waals surface area contributed by atoms with Crippen molar-refractivity contribution < 1.29 is 9.47 Å². The van der Waals surface area contributed by atoms with Crippen molar-refractivity contribution in [3.63, 3.8) is 0 Å². The average Bonchev–Trinajstić information content (AvgIpc) is 2.63. The molecule has 1 fully saturated rings. The van der Waals surface area contributed by atoms with Crippen LogP contribution in [-0.2, 0) is 15.9 Å². The van der Waals surface area contributed by atoms with Gasteiger partial charge in [0.1, 0.15) is 0 Å². The van der Waals surface area contributed by atoms with Crippen LogP contribution in [0, 0.1) is 12.8 Å². The minimum Gasteiger partial charge on any atom is -0.352 e. The lowest BCUT2D eigenvalue weighted by molar-refractivity contribution is -0.203. The zero-order valence-electron chi connectivity index (χ0n) is 14.8. The Labute approximate surface area is 145 Å². The molecule has 2 nitrogen and oxygen atoms in total. The maximum Gasteiger partial charge on any atom is 0.157 e. The molecule has 24 heavy (non-hydrogen) atoms. The second kappa shape index (κ2) is 8.46. The molecule has 2 heteroatoms. The lowest BCUT2D eigenvalue weighted by Gasteiger charge is -2.29. The van der Waals surface area contributed by atoms with Crippen LogP contribution in [0.2, 0.25) is 0 Å². The van der Waals surface area contributed by atoms with Gasteiger partial charge in [-0.05, 0) is 36.5 Å². The monoisotopic (exact) mass is 324 g/mol. The molecule has 0 spiro atoms. The minimum absolute atomic E-state index is 0.0325. The summed E-state index contributed by atoms with van der Waals surface area (Å²) in [5.74, 6) is 0.583. The molecule has 0 aromatic heterocycles. The zero-order valence-corrected chi connectivity index (χ0v) is 14.8. The molecule has 2 aromatic carbocycles. The highest BCUT2D eigenvalue weighted by atomic mass is 16.7. The largest absolute Gasteiger partial charge is 0.352 e. The van der Waals surface area contributed by atoms with E-state index in [0.29, 0.717) is 5.92 Å². The van der Waals surface area contributed by atoms with E-state index in [0.717, 1.165) is 26.1 Å². The SMILES string of the molecule is CCCC1COC(CCc2ccc(-c3ccc(C)cc3)cc2)OC1. The van der Waals surface area contributed by atoms with Crippen molar-refractivity contribution in [1.29, 1.82) is 0 Å². The van der Waals surface area contributed by atoms with Gasteiger partial charge in [-0.25, -0.2) is 0 Å². The molecule has 0 radical (unpaired) electrons. The summed E-state index contributed by atoms with van der Waals surface area (Å²) in [5.41, 5.74) is 5.18. The van der Waals surface area contributed by atoms with Crippen LogP contribution >= 0.6 is 0 Å². The van der Waals surface area contributed by atoms with Crippen molar-refractivity contribution in [2.75, 3.05) is 13.2 Å². The Bertz CT molecular complexity index is 607. The first kappa shape index (κ1) is 17.2. The van der Waals surface area contributed by atoms with Crippen molar-refractivity contribution in [2.24, 2.45) is 5.92 Å². The van der Waals surface area contributed by atoms with E-state index < -0.39 is 0 Å². The molecular weight excluding hydrogens is 296 g/mol. The van der Waals surface area contributed by atoms with Crippen LogP contribution in [0.5, 0.6) is 0 Å². The van der Waals surface area contributed by atoms with Crippen molar-refractivity contribution in [1.82, 2.24) is 0 Å². The Morgan fingerprint density at radius 1 is 0.833 bits per heavy atom. The summed E-state index contributed by atoms with van der Waals surface area (Å²) in [6.07, 6.45) is 4.30. The molecule has 2 aromatic rings. The normalized spacial score (nSPS) is 20.9. The van der Waals surface area contributed by atoms with Gasteiger partial charge in [-0.2, -0.15) is 0 Å². The molecule has 0 saturated carbocycles. The Hall–Kier alpha value is -1.64. The van der Waals surface area contributed by atoms with Crippen LogP contribution in [0.25, 0.3) is 11.1 Å². The molecule has 1 saturated heterocycles. The van der Waals surface area contributed by atoms with Crippen LogP contribution in [-0.4, -0.2) is 19.5 Å². The van der Waals surface area contributed by atoms with E-state index in [1.165, 1.54) is 35.1 Å². The molecule has 1 aliphatic heterocycles. The topological polar surface area (TPSA) is 18.5 Å². The molecule has 0 unspecified atom stereocenters. The lowest BCUT2D eigenvalue weighted by Crippen LogP contribution is -2.32. The van der Waals surface area contributed by atoms with Gasteiger partial charge in [0.15, 0.2) is 6.29 Å². The van der Waals surface area contributed by atoms with Gasteiger partial charge in [0, 0.05) is 12.3 Å².